The van der Waals surface area contributed by atoms with Crippen LogP contribution in [0.15, 0.2) is 24.3 Å². The van der Waals surface area contributed by atoms with Crippen LogP contribution >= 0.6 is 0 Å². The summed E-state index contributed by atoms with van der Waals surface area (Å²) in [4.78, 5) is 0. The Morgan fingerprint density at radius 3 is 2.36 bits per heavy atom. The van der Waals surface area contributed by atoms with E-state index in [2.05, 4.69) is 25.7 Å². The molecule has 0 saturated carbocycles. The SMILES string of the molecule is C=C(C)C1CC=CCC1.CO. The van der Waals surface area contributed by atoms with E-state index in [9.17, 15) is 0 Å². The number of aliphatic hydroxyl groups excluding tert-OH is 1. The van der Waals surface area contributed by atoms with E-state index in [0.29, 0.717) is 0 Å². The molecule has 1 heteroatoms. The molecule has 1 nitrogen and oxygen atoms in total. The molecular formula is C10H18O. The van der Waals surface area contributed by atoms with Crippen LogP contribution in [0.25, 0.3) is 0 Å². The largest absolute Gasteiger partial charge is 0.400 e. The predicted molar refractivity (Wildman–Crippen MR) is 49.4 cm³/mol. The van der Waals surface area contributed by atoms with Crippen molar-refractivity contribution in [3.05, 3.63) is 24.3 Å². The molecule has 1 atom stereocenters. The first-order valence-electron chi connectivity index (χ1n) is 4.06. The maximum Gasteiger partial charge on any atom is 0.0319 e. The van der Waals surface area contributed by atoms with E-state index in [0.717, 1.165) is 13.0 Å². The molecule has 0 heterocycles. The number of hydrogen-bond acceptors (Lipinski definition) is 1. The number of rotatable bonds is 1. The average molecular weight is 154 g/mol. The van der Waals surface area contributed by atoms with Crippen molar-refractivity contribution in [1.82, 2.24) is 0 Å². The van der Waals surface area contributed by atoms with Crippen molar-refractivity contribution in [1.29, 1.82) is 0 Å². The lowest BCUT2D eigenvalue weighted by Crippen LogP contribution is -2.02. The van der Waals surface area contributed by atoms with Gasteiger partial charge >= 0.3 is 0 Å². The average Bonchev–Trinajstić information content (AvgIpc) is 2.10. The van der Waals surface area contributed by atoms with Gasteiger partial charge in [0, 0.05) is 7.11 Å². The summed E-state index contributed by atoms with van der Waals surface area (Å²) in [5.41, 5.74) is 1.35. The van der Waals surface area contributed by atoms with E-state index in [-0.39, 0.29) is 0 Å². The molecule has 0 aromatic carbocycles. The molecule has 0 spiro atoms. The van der Waals surface area contributed by atoms with E-state index in [1.165, 1.54) is 24.8 Å². The second kappa shape index (κ2) is 6.17. The van der Waals surface area contributed by atoms with Crippen LogP contribution in [-0.2, 0) is 0 Å². The summed E-state index contributed by atoms with van der Waals surface area (Å²) in [5, 5.41) is 7.00. The zero-order valence-corrected chi connectivity index (χ0v) is 7.51. The molecule has 1 aliphatic carbocycles. The molecule has 0 aromatic heterocycles. The molecule has 1 unspecified atom stereocenters. The molecule has 11 heavy (non-hydrogen) atoms. The predicted octanol–water partition coefficient (Wildman–Crippen LogP) is 2.53. The summed E-state index contributed by atoms with van der Waals surface area (Å²) in [6.07, 6.45) is 8.31. The van der Waals surface area contributed by atoms with E-state index in [1.54, 1.807) is 0 Å². The Hall–Kier alpha value is -0.560. The Labute approximate surface area is 69.4 Å². The van der Waals surface area contributed by atoms with Crippen LogP contribution in [0.1, 0.15) is 26.2 Å². The molecule has 0 radical (unpaired) electrons. The maximum absolute atomic E-state index is 7.00. The third kappa shape index (κ3) is 3.99. The third-order valence-electron chi connectivity index (χ3n) is 1.97. The first kappa shape index (κ1) is 10.4. The molecule has 0 amide bonds. The van der Waals surface area contributed by atoms with Crippen LogP contribution in [0.3, 0.4) is 0 Å². The minimum Gasteiger partial charge on any atom is -0.400 e. The van der Waals surface area contributed by atoms with Crippen LogP contribution in [0, 0.1) is 5.92 Å². The van der Waals surface area contributed by atoms with Crippen molar-refractivity contribution >= 4 is 0 Å². The zero-order valence-electron chi connectivity index (χ0n) is 7.51. The van der Waals surface area contributed by atoms with Gasteiger partial charge in [0.1, 0.15) is 0 Å². The van der Waals surface area contributed by atoms with E-state index < -0.39 is 0 Å². The Bertz CT molecular complexity index is 136. The lowest BCUT2D eigenvalue weighted by molar-refractivity contribution is 0.399. The van der Waals surface area contributed by atoms with Crippen molar-refractivity contribution in [3.8, 4) is 0 Å². The standard InChI is InChI=1S/C9H14.CH4O/c1-8(2)9-6-4-3-5-7-9;1-2/h3-4,9H,1,5-7H2,2H3;2H,1H3. The van der Waals surface area contributed by atoms with Crippen molar-refractivity contribution < 1.29 is 5.11 Å². The molecule has 0 aliphatic heterocycles. The number of hydrogen-bond donors (Lipinski definition) is 1. The highest BCUT2D eigenvalue weighted by molar-refractivity contribution is 5.03. The Morgan fingerprint density at radius 2 is 2.09 bits per heavy atom. The molecular weight excluding hydrogens is 136 g/mol. The van der Waals surface area contributed by atoms with Gasteiger partial charge in [-0.25, -0.2) is 0 Å². The van der Waals surface area contributed by atoms with Crippen LogP contribution in [0.4, 0.5) is 0 Å². The van der Waals surface area contributed by atoms with Gasteiger partial charge in [-0.15, -0.1) is 0 Å². The minimum absolute atomic E-state index is 0.773. The van der Waals surface area contributed by atoms with Crippen LogP contribution in [0.5, 0.6) is 0 Å². The lowest BCUT2D eigenvalue weighted by Gasteiger charge is -2.16. The summed E-state index contributed by atoms with van der Waals surface area (Å²) < 4.78 is 0. The summed E-state index contributed by atoms with van der Waals surface area (Å²) in [6.45, 7) is 6.07. The normalized spacial score (nSPS) is 21.9. The monoisotopic (exact) mass is 154 g/mol. The van der Waals surface area contributed by atoms with Crippen LogP contribution < -0.4 is 0 Å². The highest BCUT2D eigenvalue weighted by atomic mass is 16.2. The maximum atomic E-state index is 7.00. The Balaban J connectivity index is 0.000000461. The van der Waals surface area contributed by atoms with Gasteiger partial charge in [0.2, 0.25) is 0 Å². The molecule has 1 aliphatic rings. The quantitative estimate of drug-likeness (QED) is 0.575. The first-order chi connectivity index (χ1) is 5.30. The topological polar surface area (TPSA) is 20.2 Å². The number of allylic oxidation sites excluding steroid dienone is 3. The highest BCUT2D eigenvalue weighted by Crippen LogP contribution is 2.23. The minimum atomic E-state index is 0.773. The first-order valence-corrected chi connectivity index (χ1v) is 4.06. The fourth-order valence-electron chi connectivity index (χ4n) is 1.24. The van der Waals surface area contributed by atoms with Crippen LogP contribution in [0.2, 0.25) is 0 Å². The van der Waals surface area contributed by atoms with Crippen LogP contribution in [-0.4, -0.2) is 12.2 Å². The molecule has 0 fully saturated rings. The molecule has 64 valence electrons. The highest BCUT2D eigenvalue weighted by Gasteiger charge is 2.08. The molecule has 0 aromatic rings. The summed E-state index contributed by atoms with van der Waals surface area (Å²) in [6, 6.07) is 0. The molecule has 1 rings (SSSR count). The third-order valence-corrected chi connectivity index (χ3v) is 1.97. The van der Waals surface area contributed by atoms with Crippen molar-refractivity contribution in [2.75, 3.05) is 7.11 Å². The smallest absolute Gasteiger partial charge is 0.0319 e. The van der Waals surface area contributed by atoms with Gasteiger partial charge in [-0.05, 0) is 32.1 Å². The number of aliphatic hydroxyl groups is 1. The van der Waals surface area contributed by atoms with E-state index in [4.69, 9.17) is 5.11 Å². The summed E-state index contributed by atoms with van der Waals surface area (Å²) in [7, 11) is 1.00. The van der Waals surface area contributed by atoms with Crippen molar-refractivity contribution in [2.45, 2.75) is 26.2 Å². The van der Waals surface area contributed by atoms with Gasteiger partial charge < -0.3 is 5.11 Å². The zero-order chi connectivity index (χ0) is 8.69. The Kier molecular flexibility index (Phi) is 5.86. The molecule has 0 saturated heterocycles. The van der Waals surface area contributed by atoms with Gasteiger partial charge in [0.25, 0.3) is 0 Å². The van der Waals surface area contributed by atoms with E-state index >= 15 is 0 Å². The van der Waals surface area contributed by atoms with Gasteiger partial charge in [0.05, 0.1) is 0 Å². The Morgan fingerprint density at radius 1 is 1.45 bits per heavy atom. The van der Waals surface area contributed by atoms with Gasteiger partial charge in [-0.3, -0.25) is 0 Å². The summed E-state index contributed by atoms with van der Waals surface area (Å²) in [5.74, 6) is 0.773. The summed E-state index contributed by atoms with van der Waals surface area (Å²) >= 11 is 0. The lowest BCUT2D eigenvalue weighted by atomic mass is 9.89. The second-order valence-corrected chi connectivity index (χ2v) is 2.83. The van der Waals surface area contributed by atoms with Crippen molar-refractivity contribution in [3.63, 3.8) is 0 Å². The van der Waals surface area contributed by atoms with E-state index in [1.807, 2.05) is 0 Å². The van der Waals surface area contributed by atoms with Gasteiger partial charge in [-0.2, -0.15) is 0 Å². The fraction of sp³-hybridized carbons (Fsp3) is 0.600. The molecule has 0 bridgehead atoms. The molecule has 1 N–H and O–H groups in total. The second-order valence-electron chi connectivity index (χ2n) is 2.83. The van der Waals surface area contributed by atoms with Crippen molar-refractivity contribution in [2.24, 2.45) is 5.92 Å². The van der Waals surface area contributed by atoms with Gasteiger partial charge in [0.15, 0.2) is 0 Å². The fourth-order valence-corrected chi connectivity index (χ4v) is 1.24. The van der Waals surface area contributed by atoms with Gasteiger partial charge in [-0.1, -0.05) is 24.3 Å².